The Hall–Kier alpha value is -2.01. The number of rotatable bonds is 9. The molecule has 1 aromatic rings. The third-order valence-corrected chi connectivity index (χ3v) is 3.20. The molecule has 1 atom stereocenters. The van der Waals surface area contributed by atoms with E-state index >= 15 is 0 Å². The molecule has 114 valence electrons. The number of esters is 1. The van der Waals surface area contributed by atoms with Crippen molar-refractivity contribution in [2.45, 2.75) is 31.8 Å². The highest BCUT2D eigenvalue weighted by molar-refractivity contribution is 5.84. The molecule has 0 aliphatic rings. The van der Waals surface area contributed by atoms with Crippen LogP contribution < -0.4 is 0 Å². The summed E-state index contributed by atoms with van der Waals surface area (Å²) < 4.78 is 5.07. The summed E-state index contributed by atoms with van der Waals surface area (Å²) in [7, 11) is 0. The number of hydrogen-bond acceptors (Lipinski definition) is 5. The van der Waals surface area contributed by atoms with Crippen molar-refractivity contribution in [2.24, 2.45) is 5.92 Å². The quantitative estimate of drug-likeness (QED) is 0.324. The molecule has 5 heteroatoms. The number of aliphatic hydroxyl groups is 1. The standard InChI is InChI=1S/C16H20O5/c1-2-3-9-21-15(19)16(20,10-13(11-17)12-18)14-7-5-4-6-8-14/h4-8,11-13,20H,2-3,9-10H2,1H3. The maximum Gasteiger partial charge on any atom is 0.342 e. The first kappa shape index (κ1) is 17.0. The molecular formula is C16H20O5. The SMILES string of the molecule is CCCCOC(=O)C(O)(CC(C=O)C=O)c1ccccc1. The van der Waals surface area contributed by atoms with Crippen molar-refractivity contribution in [3.63, 3.8) is 0 Å². The Labute approximate surface area is 123 Å². The van der Waals surface area contributed by atoms with Gasteiger partial charge in [-0.05, 0) is 12.0 Å². The predicted octanol–water partition coefficient (Wildman–Crippen LogP) is 1.62. The van der Waals surface area contributed by atoms with E-state index in [1.54, 1.807) is 30.3 Å². The van der Waals surface area contributed by atoms with Gasteiger partial charge in [0.15, 0.2) is 5.60 Å². The van der Waals surface area contributed by atoms with Crippen molar-refractivity contribution >= 4 is 18.5 Å². The Balaban J connectivity index is 3.01. The Kier molecular flexibility index (Phi) is 6.75. The van der Waals surface area contributed by atoms with Gasteiger partial charge in [0.1, 0.15) is 12.6 Å². The number of benzene rings is 1. The van der Waals surface area contributed by atoms with Crippen LogP contribution in [0.25, 0.3) is 0 Å². The minimum Gasteiger partial charge on any atom is -0.463 e. The van der Waals surface area contributed by atoms with Gasteiger partial charge in [-0.25, -0.2) is 4.79 Å². The van der Waals surface area contributed by atoms with Crippen LogP contribution in [-0.4, -0.2) is 30.3 Å². The van der Waals surface area contributed by atoms with Gasteiger partial charge in [0, 0.05) is 6.42 Å². The summed E-state index contributed by atoms with van der Waals surface area (Å²) in [6.07, 6.45) is 2.04. The van der Waals surface area contributed by atoms with E-state index in [-0.39, 0.29) is 13.0 Å². The van der Waals surface area contributed by atoms with Gasteiger partial charge in [0.2, 0.25) is 0 Å². The molecule has 0 saturated carbocycles. The van der Waals surface area contributed by atoms with Gasteiger partial charge in [-0.3, -0.25) is 0 Å². The van der Waals surface area contributed by atoms with Crippen molar-refractivity contribution in [3.05, 3.63) is 35.9 Å². The molecule has 0 fully saturated rings. The molecule has 0 heterocycles. The molecule has 0 bridgehead atoms. The summed E-state index contributed by atoms with van der Waals surface area (Å²) in [5.74, 6) is -1.90. The van der Waals surface area contributed by atoms with Gasteiger partial charge in [0.25, 0.3) is 0 Å². The maximum absolute atomic E-state index is 12.2. The molecule has 0 aromatic heterocycles. The average Bonchev–Trinajstić information content (AvgIpc) is 2.53. The van der Waals surface area contributed by atoms with Crippen molar-refractivity contribution < 1.29 is 24.2 Å². The first-order chi connectivity index (χ1) is 10.1. The first-order valence-electron chi connectivity index (χ1n) is 6.94. The second-order valence-electron chi connectivity index (χ2n) is 4.86. The van der Waals surface area contributed by atoms with Crippen LogP contribution in [0.2, 0.25) is 0 Å². The summed E-state index contributed by atoms with van der Waals surface area (Å²) in [4.78, 5) is 33.9. The third kappa shape index (κ3) is 4.49. The van der Waals surface area contributed by atoms with E-state index in [2.05, 4.69) is 0 Å². The number of aldehydes is 2. The Morgan fingerprint density at radius 1 is 1.29 bits per heavy atom. The normalized spacial score (nSPS) is 13.5. The van der Waals surface area contributed by atoms with Crippen LogP contribution >= 0.6 is 0 Å². The molecule has 1 N–H and O–H groups in total. The minimum atomic E-state index is -2.00. The lowest BCUT2D eigenvalue weighted by atomic mass is 9.85. The van der Waals surface area contributed by atoms with Gasteiger partial charge in [-0.15, -0.1) is 0 Å². The number of ether oxygens (including phenoxy) is 1. The summed E-state index contributed by atoms with van der Waals surface area (Å²) in [6.45, 7) is 2.14. The molecule has 0 aliphatic carbocycles. The number of unbranched alkanes of at least 4 members (excludes halogenated alkanes) is 1. The fourth-order valence-corrected chi connectivity index (χ4v) is 1.93. The highest BCUT2D eigenvalue weighted by Gasteiger charge is 2.41. The smallest absolute Gasteiger partial charge is 0.342 e. The van der Waals surface area contributed by atoms with Crippen LogP contribution in [0.1, 0.15) is 31.7 Å². The minimum absolute atomic E-state index is 0.192. The summed E-state index contributed by atoms with van der Waals surface area (Å²) >= 11 is 0. The monoisotopic (exact) mass is 292 g/mol. The van der Waals surface area contributed by atoms with Gasteiger partial charge in [-0.1, -0.05) is 43.7 Å². The number of carbonyl (C=O) groups is 3. The van der Waals surface area contributed by atoms with Crippen LogP contribution in [-0.2, 0) is 24.7 Å². The second-order valence-corrected chi connectivity index (χ2v) is 4.86. The molecule has 1 unspecified atom stereocenters. The molecule has 1 aromatic carbocycles. The van der Waals surface area contributed by atoms with Crippen molar-refractivity contribution in [3.8, 4) is 0 Å². The van der Waals surface area contributed by atoms with Crippen molar-refractivity contribution in [1.29, 1.82) is 0 Å². The summed E-state index contributed by atoms with van der Waals surface area (Å²) in [5.41, 5.74) is -1.69. The van der Waals surface area contributed by atoms with Gasteiger partial charge < -0.3 is 19.4 Å². The van der Waals surface area contributed by atoms with Crippen LogP contribution in [0.5, 0.6) is 0 Å². The van der Waals surface area contributed by atoms with Crippen LogP contribution in [0.4, 0.5) is 0 Å². The van der Waals surface area contributed by atoms with Crippen LogP contribution in [0, 0.1) is 5.92 Å². The Morgan fingerprint density at radius 3 is 2.43 bits per heavy atom. The van der Waals surface area contributed by atoms with Gasteiger partial charge in [0.05, 0.1) is 12.5 Å². The summed E-state index contributed by atoms with van der Waals surface area (Å²) in [6, 6.07) is 8.19. The van der Waals surface area contributed by atoms with Crippen molar-refractivity contribution in [2.75, 3.05) is 6.61 Å². The van der Waals surface area contributed by atoms with Gasteiger partial charge >= 0.3 is 5.97 Å². The molecule has 0 amide bonds. The highest BCUT2D eigenvalue weighted by atomic mass is 16.5. The third-order valence-electron chi connectivity index (χ3n) is 3.20. The highest BCUT2D eigenvalue weighted by Crippen LogP contribution is 2.29. The molecule has 0 radical (unpaired) electrons. The fourth-order valence-electron chi connectivity index (χ4n) is 1.93. The molecule has 0 aliphatic heterocycles. The lowest BCUT2D eigenvalue weighted by Crippen LogP contribution is -2.40. The topological polar surface area (TPSA) is 80.7 Å². The molecular weight excluding hydrogens is 272 g/mol. The fraction of sp³-hybridized carbons (Fsp3) is 0.438. The predicted molar refractivity (Wildman–Crippen MR) is 76.4 cm³/mol. The molecule has 0 saturated heterocycles. The Morgan fingerprint density at radius 2 is 1.90 bits per heavy atom. The molecule has 0 spiro atoms. The lowest BCUT2D eigenvalue weighted by molar-refractivity contribution is -0.169. The zero-order valence-corrected chi connectivity index (χ0v) is 12.0. The van der Waals surface area contributed by atoms with E-state index in [4.69, 9.17) is 4.74 Å². The van der Waals surface area contributed by atoms with Crippen LogP contribution in [0.15, 0.2) is 30.3 Å². The van der Waals surface area contributed by atoms with Crippen molar-refractivity contribution in [1.82, 2.24) is 0 Å². The molecule has 21 heavy (non-hydrogen) atoms. The summed E-state index contributed by atoms with van der Waals surface area (Å²) in [5, 5.41) is 10.7. The first-order valence-corrected chi connectivity index (χ1v) is 6.94. The second kappa shape index (κ2) is 8.32. The van der Waals surface area contributed by atoms with E-state index in [1.807, 2.05) is 6.92 Å². The zero-order chi connectivity index (χ0) is 15.7. The van der Waals surface area contributed by atoms with Gasteiger partial charge in [-0.2, -0.15) is 0 Å². The zero-order valence-electron chi connectivity index (χ0n) is 12.0. The number of hydrogen-bond donors (Lipinski definition) is 1. The van der Waals surface area contributed by atoms with E-state index < -0.39 is 17.5 Å². The molecule has 5 nitrogen and oxygen atoms in total. The van der Waals surface area contributed by atoms with E-state index in [1.165, 1.54) is 0 Å². The largest absolute Gasteiger partial charge is 0.463 e. The Bertz CT molecular complexity index is 463. The van der Waals surface area contributed by atoms with E-state index in [9.17, 15) is 19.5 Å². The van der Waals surface area contributed by atoms with E-state index in [0.29, 0.717) is 24.6 Å². The maximum atomic E-state index is 12.2. The number of carbonyl (C=O) groups excluding carboxylic acids is 3. The average molecular weight is 292 g/mol. The van der Waals surface area contributed by atoms with E-state index in [0.717, 1.165) is 6.42 Å². The molecule has 1 rings (SSSR count). The lowest BCUT2D eigenvalue weighted by Gasteiger charge is -2.27. The van der Waals surface area contributed by atoms with Crippen LogP contribution in [0.3, 0.4) is 0 Å².